The van der Waals surface area contributed by atoms with Crippen molar-refractivity contribution in [3.63, 3.8) is 0 Å². The first-order valence-electron chi connectivity index (χ1n) is 5.08. The van der Waals surface area contributed by atoms with E-state index in [2.05, 4.69) is 5.32 Å². The number of rotatable bonds is 4. The monoisotopic (exact) mass is 248 g/mol. The van der Waals surface area contributed by atoms with Crippen molar-refractivity contribution in [3.8, 4) is 6.07 Å². The number of carbonyl (C=O) groups is 1. The van der Waals surface area contributed by atoms with Crippen molar-refractivity contribution in [2.75, 3.05) is 26.0 Å². The van der Waals surface area contributed by atoms with Crippen molar-refractivity contribution in [2.24, 2.45) is 0 Å². The van der Waals surface area contributed by atoms with Crippen LogP contribution in [0, 0.1) is 21.4 Å². The van der Waals surface area contributed by atoms with E-state index in [0.717, 1.165) is 0 Å². The van der Waals surface area contributed by atoms with Crippen LogP contribution in [0.2, 0.25) is 0 Å². The Morgan fingerprint density at radius 2 is 2.22 bits per heavy atom. The molecule has 1 aromatic carbocycles. The molecule has 1 amide bonds. The number of nitrogens with one attached hydrogen (secondary N) is 1. The molecular formula is C11H12N4O3. The predicted molar refractivity (Wildman–Crippen MR) is 65.0 cm³/mol. The Bertz CT molecular complexity index is 520. The quantitative estimate of drug-likeness (QED) is 0.632. The number of hydrogen-bond donors (Lipinski definition) is 1. The minimum atomic E-state index is -0.618. The Hall–Kier alpha value is -2.62. The smallest absolute Gasteiger partial charge is 0.287 e. The van der Waals surface area contributed by atoms with Gasteiger partial charge in [0, 0.05) is 25.8 Å². The Morgan fingerprint density at radius 1 is 1.56 bits per heavy atom. The minimum Gasteiger partial charge on any atom is -0.376 e. The molecular weight excluding hydrogens is 236 g/mol. The first-order chi connectivity index (χ1) is 8.45. The van der Waals surface area contributed by atoms with E-state index >= 15 is 0 Å². The van der Waals surface area contributed by atoms with Gasteiger partial charge in [-0.25, -0.2) is 0 Å². The molecule has 0 aliphatic rings. The second kappa shape index (κ2) is 5.63. The van der Waals surface area contributed by atoms with Gasteiger partial charge in [0.15, 0.2) is 0 Å². The Kier molecular flexibility index (Phi) is 4.21. The van der Waals surface area contributed by atoms with E-state index < -0.39 is 4.92 Å². The lowest BCUT2D eigenvalue weighted by Crippen LogP contribution is -2.28. The van der Waals surface area contributed by atoms with E-state index in [4.69, 9.17) is 5.26 Å². The van der Waals surface area contributed by atoms with E-state index in [1.54, 1.807) is 20.2 Å². The topological polar surface area (TPSA) is 99.3 Å². The predicted octanol–water partition coefficient (Wildman–Crippen LogP) is 0.967. The van der Waals surface area contributed by atoms with Crippen LogP contribution in [-0.2, 0) is 4.79 Å². The van der Waals surface area contributed by atoms with Gasteiger partial charge in [-0.3, -0.25) is 14.9 Å². The molecule has 0 aliphatic carbocycles. The molecule has 0 spiro atoms. The number of likely N-dealkylation sites (N-methyl/N-ethyl adjacent to an activating group) is 1. The van der Waals surface area contributed by atoms with Gasteiger partial charge in [-0.2, -0.15) is 5.26 Å². The molecule has 1 rings (SSSR count). The SMILES string of the molecule is CN(C)C(=O)CNc1ccc([N+](=O)[O-])c(C#N)c1. The van der Waals surface area contributed by atoms with Gasteiger partial charge in [-0.15, -0.1) is 0 Å². The summed E-state index contributed by atoms with van der Waals surface area (Å²) in [7, 11) is 3.25. The lowest BCUT2D eigenvalue weighted by atomic mass is 10.2. The number of carbonyl (C=O) groups excluding carboxylic acids is 1. The number of hydrogen-bond acceptors (Lipinski definition) is 5. The van der Waals surface area contributed by atoms with Crippen molar-refractivity contribution in [2.45, 2.75) is 0 Å². The molecule has 0 aromatic heterocycles. The standard InChI is InChI=1S/C11H12N4O3/c1-14(2)11(16)7-13-9-3-4-10(15(17)18)8(5-9)6-12/h3-5,13H,7H2,1-2H3. The summed E-state index contributed by atoms with van der Waals surface area (Å²) in [6.45, 7) is 0.0652. The van der Waals surface area contributed by atoms with Crippen molar-refractivity contribution in [1.82, 2.24) is 4.90 Å². The zero-order valence-corrected chi connectivity index (χ0v) is 10.0. The molecule has 0 saturated carbocycles. The summed E-state index contributed by atoms with van der Waals surface area (Å²) in [6.07, 6.45) is 0. The summed E-state index contributed by atoms with van der Waals surface area (Å²) in [5, 5.41) is 22.2. The zero-order chi connectivity index (χ0) is 13.7. The molecule has 0 unspecified atom stereocenters. The fourth-order valence-corrected chi connectivity index (χ4v) is 1.23. The number of nitro benzene ring substituents is 1. The third-order valence-electron chi connectivity index (χ3n) is 2.26. The van der Waals surface area contributed by atoms with Gasteiger partial charge < -0.3 is 10.2 Å². The van der Waals surface area contributed by atoms with E-state index in [1.807, 2.05) is 0 Å². The molecule has 0 fully saturated rings. The van der Waals surface area contributed by atoms with Gasteiger partial charge in [0.1, 0.15) is 11.6 Å². The third-order valence-corrected chi connectivity index (χ3v) is 2.26. The van der Waals surface area contributed by atoms with Crippen LogP contribution in [0.3, 0.4) is 0 Å². The van der Waals surface area contributed by atoms with E-state index in [9.17, 15) is 14.9 Å². The van der Waals surface area contributed by atoms with Crippen molar-refractivity contribution in [1.29, 1.82) is 5.26 Å². The fourth-order valence-electron chi connectivity index (χ4n) is 1.23. The van der Waals surface area contributed by atoms with Crippen molar-refractivity contribution >= 4 is 17.3 Å². The highest BCUT2D eigenvalue weighted by molar-refractivity contribution is 5.80. The Balaban J connectivity index is 2.84. The summed E-state index contributed by atoms with van der Waals surface area (Å²) < 4.78 is 0. The Morgan fingerprint density at radius 3 is 2.72 bits per heavy atom. The zero-order valence-electron chi connectivity index (χ0n) is 10.0. The lowest BCUT2D eigenvalue weighted by molar-refractivity contribution is -0.385. The van der Waals surface area contributed by atoms with Crippen LogP contribution < -0.4 is 5.32 Å². The molecule has 0 radical (unpaired) electrons. The van der Waals surface area contributed by atoms with Crippen molar-refractivity contribution in [3.05, 3.63) is 33.9 Å². The molecule has 1 aromatic rings. The van der Waals surface area contributed by atoms with Gasteiger partial charge in [0.25, 0.3) is 5.69 Å². The van der Waals surface area contributed by atoms with E-state index in [-0.39, 0.29) is 23.7 Å². The van der Waals surface area contributed by atoms with Gasteiger partial charge in [0.2, 0.25) is 5.91 Å². The van der Waals surface area contributed by atoms with Gasteiger partial charge in [-0.05, 0) is 12.1 Å². The van der Waals surface area contributed by atoms with E-state index in [1.165, 1.54) is 23.1 Å². The Labute approximate surface area is 104 Å². The average Bonchev–Trinajstić information content (AvgIpc) is 2.34. The maximum atomic E-state index is 11.3. The normalized spacial score (nSPS) is 9.39. The number of amides is 1. The largest absolute Gasteiger partial charge is 0.376 e. The summed E-state index contributed by atoms with van der Waals surface area (Å²) in [5.74, 6) is -0.133. The van der Waals surface area contributed by atoms with Crippen LogP contribution >= 0.6 is 0 Å². The molecule has 0 atom stereocenters. The number of benzene rings is 1. The van der Waals surface area contributed by atoms with Crippen LogP contribution in [0.25, 0.3) is 0 Å². The molecule has 1 N–H and O–H groups in total. The van der Waals surface area contributed by atoms with Gasteiger partial charge >= 0.3 is 0 Å². The second-order valence-corrected chi connectivity index (χ2v) is 3.74. The highest BCUT2D eigenvalue weighted by Crippen LogP contribution is 2.21. The van der Waals surface area contributed by atoms with Crippen LogP contribution in [-0.4, -0.2) is 36.4 Å². The highest BCUT2D eigenvalue weighted by Gasteiger charge is 2.14. The van der Waals surface area contributed by atoms with E-state index in [0.29, 0.717) is 5.69 Å². The molecule has 0 saturated heterocycles. The lowest BCUT2D eigenvalue weighted by Gasteiger charge is -2.11. The minimum absolute atomic E-state index is 0.0395. The highest BCUT2D eigenvalue weighted by atomic mass is 16.6. The maximum absolute atomic E-state index is 11.3. The molecule has 0 aliphatic heterocycles. The summed E-state index contributed by atoms with van der Waals surface area (Å²) >= 11 is 0. The molecule has 18 heavy (non-hydrogen) atoms. The molecule has 0 bridgehead atoms. The maximum Gasteiger partial charge on any atom is 0.287 e. The summed E-state index contributed by atoms with van der Waals surface area (Å²) in [5.41, 5.74) is 0.205. The first-order valence-corrected chi connectivity index (χ1v) is 5.08. The number of nitro groups is 1. The van der Waals surface area contributed by atoms with Gasteiger partial charge in [-0.1, -0.05) is 0 Å². The summed E-state index contributed by atoms with van der Waals surface area (Å²) in [6, 6.07) is 5.80. The first kappa shape index (κ1) is 13.4. The van der Waals surface area contributed by atoms with Gasteiger partial charge in [0.05, 0.1) is 11.5 Å². The number of nitrogens with zero attached hydrogens (tertiary/aromatic N) is 3. The molecule has 94 valence electrons. The second-order valence-electron chi connectivity index (χ2n) is 3.74. The van der Waals surface area contributed by atoms with Crippen LogP contribution in [0.5, 0.6) is 0 Å². The average molecular weight is 248 g/mol. The van der Waals surface area contributed by atoms with Crippen LogP contribution in [0.4, 0.5) is 11.4 Å². The summed E-state index contributed by atoms with van der Waals surface area (Å²) in [4.78, 5) is 22.8. The molecule has 7 nitrogen and oxygen atoms in total. The third kappa shape index (κ3) is 3.18. The molecule has 0 heterocycles. The van der Waals surface area contributed by atoms with Crippen LogP contribution in [0.1, 0.15) is 5.56 Å². The number of nitriles is 1. The van der Waals surface area contributed by atoms with Crippen molar-refractivity contribution < 1.29 is 9.72 Å². The number of anilines is 1. The fraction of sp³-hybridized carbons (Fsp3) is 0.273. The van der Waals surface area contributed by atoms with Crippen LogP contribution in [0.15, 0.2) is 18.2 Å². The molecule has 7 heteroatoms.